The minimum Gasteiger partial charge on any atom is -0.478 e. The van der Waals surface area contributed by atoms with Crippen LogP contribution in [-0.4, -0.2) is 21.6 Å². The van der Waals surface area contributed by atoms with Gasteiger partial charge in [0.15, 0.2) is 0 Å². The highest BCUT2D eigenvalue weighted by atomic mass is 32.1. The smallest absolute Gasteiger partial charge is 0.416 e. The Balaban J connectivity index is 1.38. The molecule has 0 saturated heterocycles. The largest absolute Gasteiger partial charge is 0.478 e. The predicted octanol–water partition coefficient (Wildman–Crippen LogP) is 5.89. The maximum absolute atomic E-state index is 13.2. The topological polar surface area (TPSA) is 71.3 Å². The molecule has 1 saturated carbocycles. The van der Waals surface area contributed by atoms with E-state index < -0.39 is 23.2 Å². The Morgan fingerprint density at radius 1 is 1.03 bits per heavy atom. The van der Waals surface area contributed by atoms with Crippen LogP contribution in [0.15, 0.2) is 66.2 Å². The molecule has 0 spiro atoms. The van der Waals surface area contributed by atoms with Gasteiger partial charge in [-0.1, -0.05) is 24.3 Å². The van der Waals surface area contributed by atoms with E-state index in [4.69, 9.17) is 5.11 Å². The number of hydrogen-bond acceptors (Lipinski definition) is 3. The number of aromatic nitrogens is 1. The van der Waals surface area contributed by atoms with Crippen LogP contribution in [0.5, 0.6) is 0 Å². The molecule has 2 aromatic heterocycles. The van der Waals surface area contributed by atoms with Crippen molar-refractivity contribution in [2.75, 3.05) is 0 Å². The Bertz CT molecular complexity index is 1380. The van der Waals surface area contributed by atoms with Crippen molar-refractivity contribution < 1.29 is 27.9 Å². The van der Waals surface area contributed by atoms with Gasteiger partial charge < -0.3 is 15.0 Å². The Hall–Kier alpha value is -3.59. The quantitative estimate of drug-likeness (QED) is 0.359. The number of carboxylic acids is 1. The summed E-state index contributed by atoms with van der Waals surface area (Å²) in [6, 6.07) is 13.4. The summed E-state index contributed by atoms with van der Waals surface area (Å²) in [5.41, 5.74) is 1.76. The van der Waals surface area contributed by atoms with Gasteiger partial charge in [0.1, 0.15) is 0 Å². The molecule has 1 aliphatic rings. The van der Waals surface area contributed by atoms with Crippen molar-refractivity contribution in [2.24, 2.45) is 0 Å². The number of thiophene rings is 1. The van der Waals surface area contributed by atoms with Crippen LogP contribution in [-0.2, 0) is 18.3 Å². The molecule has 2 heterocycles. The fraction of sp³-hybridized carbons (Fsp3) is 0.200. The number of carboxylic acid groups (broad SMARTS) is 1. The van der Waals surface area contributed by atoms with Crippen molar-refractivity contribution in [3.8, 4) is 0 Å². The van der Waals surface area contributed by atoms with E-state index in [0.717, 1.165) is 40.8 Å². The summed E-state index contributed by atoms with van der Waals surface area (Å²) >= 11 is 1.43. The third-order valence-electron chi connectivity index (χ3n) is 6.15. The Kier molecular flexibility index (Phi) is 5.24. The molecule has 1 aliphatic carbocycles. The minimum atomic E-state index is -4.38. The van der Waals surface area contributed by atoms with E-state index in [2.05, 4.69) is 5.32 Å². The summed E-state index contributed by atoms with van der Waals surface area (Å²) in [5.74, 6) is -1.24. The molecule has 9 heteroatoms. The molecule has 0 unspecified atom stereocenters. The fourth-order valence-corrected chi connectivity index (χ4v) is 5.07. The van der Waals surface area contributed by atoms with E-state index in [1.807, 2.05) is 16.8 Å². The van der Waals surface area contributed by atoms with E-state index in [0.29, 0.717) is 17.7 Å². The molecule has 2 aromatic carbocycles. The molecule has 5 nitrogen and oxygen atoms in total. The first-order chi connectivity index (χ1) is 16.2. The van der Waals surface area contributed by atoms with Crippen molar-refractivity contribution >= 4 is 33.4 Å². The summed E-state index contributed by atoms with van der Waals surface area (Å²) in [6.07, 6.45) is -1.05. The molecule has 174 valence electrons. The van der Waals surface area contributed by atoms with Crippen LogP contribution < -0.4 is 5.32 Å². The number of hydrogen-bond donors (Lipinski definition) is 2. The minimum absolute atomic E-state index is 0.187. The van der Waals surface area contributed by atoms with E-state index in [1.165, 1.54) is 35.6 Å². The van der Waals surface area contributed by atoms with E-state index in [1.54, 1.807) is 17.5 Å². The van der Waals surface area contributed by atoms with Gasteiger partial charge in [-0.05, 0) is 54.3 Å². The number of carbonyl (C=O) groups is 2. The second kappa shape index (κ2) is 8.02. The molecular weight excluding hydrogens is 465 g/mol. The SMILES string of the molecule is O=C(O)c1ccc(C2(NC(=O)c3csc4ccn(Cc5ccc(C(F)(F)F)cc5)c34)CC2)cc1. The second-order valence-electron chi connectivity index (χ2n) is 8.42. The van der Waals surface area contributed by atoms with E-state index in [9.17, 15) is 22.8 Å². The standard InChI is InChI=1S/C25H19F3N2O3S/c26-25(27,28)18-5-1-15(2-6-18)13-30-12-9-20-21(30)19(14-34-20)22(31)29-24(10-11-24)17-7-3-16(4-8-17)23(32)33/h1-9,12,14H,10-11,13H2,(H,29,31)(H,32,33). The first-order valence-corrected chi connectivity index (χ1v) is 11.4. The monoisotopic (exact) mass is 484 g/mol. The highest BCUT2D eigenvalue weighted by molar-refractivity contribution is 7.17. The number of nitrogens with one attached hydrogen (secondary N) is 1. The molecule has 5 rings (SSSR count). The molecule has 0 bridgehead atoms. The van der Waals surface area contributed by atoms with Gasteiger partial charge in [0, 0.05) is 18.1 Å². The molecule has 0 radical (unpaired) electrons. The summed E-state index contributed by atoms with van der Waals surface area (Å²) < 4.78 is 41.3. The zero-order valence-corrected chi connectivity index (χ0v) is 18.5. The van der Waals surface area contributed by atoms with Crippen LogP contribution in [0, 0.1) is 0 Å². The van der Waals surface area contributed by atoms with Gasteiger partial charge in [-0.15, -0.1) is 11.3 Å². The zero-order chi connectivity index (χ0) is 24.1. The number of alkyl halides is 3. The number of fused-ring (bicyclic) bond motifs is 1. The highest BCUT2D eigenvalue weighted by Gasteiger charge is 2.46. The van der Waals surface area contributed by atoms with Gasteiger partial charge in [-0.25, -0.2) is 4.79 Å². The van der Waals surface area contributed by atoms with Crippen LogP contribution in [0.1, 0.15) is 50.2 Å². The zero-order valence-electron chi connectivity index (χ0n) is 17.7. The van der Waals surface area contributed by atoms with Gasteiger partial charge in [0.05, 0.1) is 32.4 Å². The Labute approximate surface area is 196 Å². The number of halogens is 3. The average molecular weight is 484 g/mol. The number of amides is 1. The fourth-order valence-electron chi connectivity index (χ4n) is 4.13. The number of nitrogens with zero attached hydrogens (tertiary/aromatic N) is 1. The van der Waals surface area contributed by atoms with Gasteiger partial charge in [0.25, 0.3) is 5.91 Å². The van der Waals surface area contributed by atoms with Crippen LogP contribution in [0.3, 0.4) is 0 Å². The van der Waals surface area contributed by atoms with Crippen LogP contribution >= 0.6 is 11.3 Å². The van der Waals surface area contributed by atoms with Crippen LogP contribution in [0.4, 0.5) is 13.2 Å². The lowest BCUT2D eigenvalue weighted by molar-refractivity contribution is -0.137. The van der Waals surface area contributed by atoms with Crippen molar-refractivity contribution in [2.45, 2.75) is 31.1 Å². The van der Waals surface area contributed by atoms with E-state index >= 15 is 0 Å². The lowest BCUT2D eigenvalue weighted by Gasteiger charge is -2.18. The average Bonchev–Trinajstić information content (AvgIpc) is 3.28. The number of benzene rings is 2. The molecule has 1 amide bonds. The van der Waals surface area contributed by atoms with Gasteiger partial charge in [0.2, 0.25) is 0 Å². The number of aromatic carboxylic acids is 1. The van der Waals surface area contributed by atoms with Crippen LogP contribution in [0.25, 0.3) is 10.2 Å². The van der Waals surface area contributed by atoms with Gasteiger partial charge in [-0.2, -0.15) is 13.2 Å². The molecule has 2 N–H and O–H groups in total. The molecule has 34 heavy (non-hydrogen) atoms. The summed E-state index contributed by atoms with van der Waals surface area (Å²) in [5, 5.41) is 14.0. The number of rotatable bonds is 6. The second-order valence-corrected chi connectivity index (χ2v) is 9.33. The highest BCUT2D eigenvalue weighted by Crippen LogP contribution is 2.46. The Morgan fingerprint density at radius 3 is 2.29 bits per heavy atom. The normalized spacial score (nSPS) is 14.8. The maximum atomic E-state index is 13.2. The van der Waals surface area contributed by atoms with Crippen molar-refractivity contribution in [3.05, 3.63) is 94.0 Å². The van der Waals surface area contributed by atoms with Crippen molar-refractivity contribution in [1.29, 1.82) is 0 Å². The predicted molar refractivity (Wildman–Crippen MR) is 122 cm³/mol. The third kappa shape index (κ3) is 4.07. The number of carbonyl (C=O) groups excluding carboxylic acids is 1. The summed E-state index contributed by atoms with van der Waals surface area (Å²) in [7, 11) is 0. The van der Waals surface area contributed by atoms with Gasteiger partial charge >= 0.3 is 12.1 Å². The van der Waals surface area contributed by atoms with E-state index in [-0.39, 0.29) is 11.5 Å². The Morgan fingerprint density at radius 2 is 1.71 bits per heavy atom. The lowest BCUT2D eigenvalue weighted by Crippen LogP contribution is -2.34. The third-order valence-corrected chi connectivity index (χ3v) is 7.09. The molecule has 4 aromatic rings. The van der Waals surface area contributed by atoms with Crippen molar-refractivity contribution in [1.82, 2.24) is 9.88 Å². The summed E-state index contributed by atoms with van der Waals surface area (Å²) in [6.45, 7) is 0.334. The first kappa shape index (κ1) is 22.2. The lowest BCUT2D eigenvalue weighted by atomic mass is 10.0. The van der Waals surface area contributed by atoms with Gasteiger partial charge in [-0.3, -0.25) is 4.79 Å². The molecular formula is C25H19F3N2O3S. The molecule has 0 atom stereocenters. The van der Waals surface area contributed by atoms with Crippen LogP contribution in [0.2, 0.25) is 0 Å². The first-order valence-electron chi connectivity index (χ1n) is 10.6. The van der Waals surface area contributed by atoms with Crippen molar-refractivity contribution in [3.63, 3.8) is 0 Å². The molecule has 1 fully saturated rings. The maximum Gasteiger partial charge on any atom is 0.416 e. The molecule has 0 aliphatic heterocycles. The summed E-state index contributed by atoms with van der Waals surface area (Å²) in [4.78, 5) is 24.4.